The SMILES string of the molecule is Cc1ccc2c(COC(=O)CN3C(=O)N[C@](C)(C4CC4)C3=O)cc(=O)oc2c1C. The van der Waals surface area contributed by atoms with Crippen molar-refractivity contribution < 1.29 is 23.5 Å². The van der Waals surface area contributed by atoms with Crippen LogP contribution in [-0.2, 0) is 20.9 Å². The Morgan fingerprint density at radius 1 is 1.28 bits per heavy atom. The fraction of sp³-hybridized carbons (Fsp3) is 0.429. The summed E-state index contributed by atoms with van der Waals surface area (Å²) in [5, 5.41) is 3.37. The average Bonchev–Trinajstić information content (AvgIpc) is 3.49. The molecule has 1 saturated heterocycles. The second-order valence-electron chi connectivity index (χ2n) is 7.93. The third-order valence-corrected chi connectivity index (χ3v) is 5.89. The maximum absolute atomic E-state index is 12.6. The predicted molar refractivity (Wildman–Crippen MR) is 103 cm³/mol. The largest absolute Gasteiger partial charge is 0.459 e. The van der Waals surface area contributed by atoms with E-state index in [1.54, 1.807) is 6.92 Å². The summed E-state index contributed by atoms with van der Waals surface area (Å²) in [6, 6.07) is 4.40. The number of imide groups is 1. The molecule has 2 fully saturated rings. The average molecular weight is 398 g/mol. The fourth-order valence-electron chi connectivity index (χ4n) is 3.77. The Hall–Kier alpha value is -3.16. The standard InChI is InChI=1S/C21H22N2O6/c1-11-4-7-15-13(8-16(24)29-18(15)12(11)2)10-28-17(25)9-23-19(26)21(3,14-5-6-14)22-20(23)27/h4,7-8,14H,5-6,9-10H2,1-3H3,(H,22,27)/t21-/m1/s1. The number of rotatable bonds is 5. The number of carbonyl (C=O) groups is 3. The van der Waals surface area contributed by atoms with Crippen LogP contribution in [0.1, 0.15) is 36.5 Å². The van der Waals surface area contributed by atoms with Gasteiger partial charge in [0.1, 0.15) is 24.3 Å². The van der Waals surface area contributed by atoms with Gasteiger partial charge in [0, 0.05) is 17.0 Å². The van der Waals surface area contributed by atoms with Gasteiger partial charge < -0.3 is 14.5 Å². The minimum absolute atomic E-state index is 0.113. The Balaban J connectivity index is 1.48. The summed E-state index contributed by atoms with van der Waals surface area (Å²) in [5.74, 6) is -1.01. The molecular formula is C21H22N2O6. The molecule has 8 nitrogen and oxygen atoms in total. The van der Waals surface area contributed by atoms with E-state index >= 15 is 0 Å². The molecule has 1 aromatic heterocycles. The number of nitrogens with zero attached hydrogens (tertiary/aromatic N) is 1. The van der Waals surface area contributed by atoms with Crippen molar-refractivity contribution in [1.82, 2.24) is 10.2 Å². The first-order chi connectivity index (χ1) is 13.7. The molecule has 1 aliphatic heterocycles. The summed E-state index contributed by atoms with van der Waals surface area (Å²) in [7, 11) is 0. The van der Waals surface area contributed by atoms with Crippen LogP contribution in [0.3, 0.4) is 0 Å². The maximum Gasteiger partial charge on any atom is 0.336 e. The van der Waals surface area contributed by atoms with Crippen LogP contribution in [0.15, 0.2) is 27.4 Å². The monoisotopic (exact) mass is 398 g/mol. The summed E-state index contributed by atoms with van der Waals surface area (Å²) in [6.45, 7) is 4.83. The van der Waals surface area contributed by atoms with E-state index in [9.17, 15) is 19.2 Å². The van der Waals surface area contributed by atoms with Crippen molar-refractivity contribution in [2.45, 2.75) is 45.8 Å². The van der Waals surface area contributed by atoms with Crippen LogP contribution in [0, 0.1) is 19.8 Å². The second kappa shape index (κ2) is 6.72. The molecule has 29 heavy (non-hydrogen) atoms. The van der Waals surface area contributed by atoms with Crippen LogP contribution in [0.5, 0.6) is 0 Å². The van der Waals surface area contributed by atoms with Crippen LogP contribution in [-0.4, -0.2) is 34.9 Å². The number of hydrogen-bond donors (Lipinski definition) is 1. The van der Waals surface area contributed by atoms with Crippen molar-refractivity contribution in [1.29, 1.82) is 0 Å². The zero-order valence-electron chi connectivity index (χ0n) is 16.5. The summed E-state index contributed by atoms with van der Waals surface area (Å²) < 4.78 is 10.6. The van der Waals surface area contributed by atoms with Crippen LogP contribution in [0.4, 0.5) is 4.79 Å². The minimum Gasteiger partial charge on any atom is -0.459 e. The molecule has 2 heterocycles. The van der Waals surface area contributed by atoms with E-state index in [1.165, 1.54) is 6.07 Å². The van der Waals surface area contributed by atoms with Crippen LogP contribution in [0.25, 0.3) is 11.0 Å². The van der Waals surface area contributed by atoms with E-state index in [-0.39, 0.29) is 12.5 Å². The van der Waals surface area contributed by atoms with Gasteiger partial charge in [-0.15, -0.1) is 0 Å². The Kier molecular flexibility index (Phi) is 4.44. The van der Waals surface area contributed by atoms with E-state index in [2.05, 4.69) is 5.32 Å². The van der Waals surface area contributed by atoms with Gasteiger partial charge in [0.15, 0.2) is 0 Å². The number of esters is 1. The number of nitrogens with one attached hydrogen (secondary N) is 1. The maximum atomic E-state index is 12.6. The van der Waals surface area contributed by atoms with Gasteiger partial charge in [-0.25, -0.2) is 9.59 Å². The molecule has 0 unspecified atom stereocenters. The summed E-state index contributed by atoms with van der Waals surface area (Å²) in [6.07, 6.45) is 1.76. The molecule has 1 aliphatic carbocycles. The van der Waals surface area contributed by atoms with Gasteiger partial charge in [-0.05, 0) is 50.7 Å². The van der Waals surface area contributed by atoms with E-state index in [4.69, 9.17) is 9.15 Å². The molecule has 1 saturated carbocycles. The molecule has 152 valence electrons. The van der Waals surface area contributed by atoms with Gasteiger partial charge in [0.25, 0.3) is 5.91 Å². The van der Waals surface area contributed by atoms with Gasteiger partial charge in [0.2, 0.25) is 0 Å². The number of amides is 3. The van der Waals surface area contributed by atoms with Crippen molar-refractivity contribution in [2.75, 3.05) is 6.54 Å². The molecule has 3 amide bonds. The number of aryl methyl sites for hydroxylation is 2. The highest BCUT2D eigenvalue weighted by Crippen LogP contribution is 2.42. The first-order valence-electron chi connectivity index (χ1n) is 9.53. The topological polar surface area (TPSA) is 106 Å². The number of fused-ring (bicyclic) bond motifs is 1. The normalized spacial score (nSPS) is 21.6. The van der Waals surface area contributed by atoms with Crippen molar-refractivity contribution >= 4 is 28.9 Å². The van der Waals surface area contributed by atoms with Crippen molar-refractivity contribution in [2.24, 2.45) is 5.92 Å². The first-order valence-corrected chi connectivity index (χ1v) is 9.53. The van der Waals surface area contributed by atoms with Gasteiger partial charge >= 0.3 is 17.6 Å². The van der Waals surface area contributed by atoms with E-state index in [1.807, 2.05) is 26.0 Å². The molecule has 0 radical (unpaired) electrons. The number of carbonyl (C=O) groups excluding carboxylic acids is 3. The van der Waals surface area contributed by atoms with Crippen LogP contribution < -0.4 is 10.9 Å². The van der Waals surface area contributed by atoms with Gasteiger partial charge in [0.05, 0.1) is 0 Å². The highest BCUT2D eigenvalue weighted by molar-refractivity contribution is 6.08. The quantitative estimate of drug-likeness (QED) is 0.470. The van der Waals surface area contributed by atoms with Crippen molar-refractivity contribution in [3.8, 4) is 0 Å². The molecule has 0 spiro atoms. The zero-order chi connectivity index (χ0) is 20.9. The zero-order valence-corrected chi connectivity index (χ0v) is 16.5. The third-order valence-electron chi connectivity index (χ3n) is 5.89. The molecule has 2 aliphatic rings. The number of hydrogen-bond acceptors (Lipinski definition) is 6. The third kappa shape index (κ3) is 3.28. The van der Waals surface area contributed by atoms with Gasteiger partial charge in [-0.1, -0.05) is 12.1 Å². The molecule has 2 aromatic rings. The Morgan fingerprint density at radius 2 is 2.00 bits per heavy atom. The first kappa shape index (κ1) is 19.2. The van der Waals surface area contributed by atoms with Crippen LogP contribution >= 0.6 is 0 Å². The lowest BCUT2D eigenvalue weighted by molar-refractivity contribution is -0.148. The smallest absolute Gasteiger partial charge is 0.336 e. The lowest BCUT2D eigenvalue weighted by Crippen LogP contribution is -2.46. The molecule has 1 N–H and O–H groups in total. The minimum atomic E-state index is -0.943. The van der Waals surface area contributed by atoms with E-state index in [0.717, 1.165) is 28.9 Å². The second-order valence-corrected chi connectivity index (χ2v) is 7.93. The van der Waals surface area contributed by atoms with Crippen molar-refractivity contribution in [3.05, 3.63) is 45.3 Å². The molecular weight excluding hydrogens is 376 g/mol. The Bertz CT molecular complexity index is 1100. The Labute approximate surface area is 166 Å². The summed E-state index contributed by atoms with van der Waals surface area (Å²) >= 11 is 0. The lowest BCUT2D eigenvalue weighted by atomic mass is 9.96. The summed E-state index contributed by atoms with van der Waals surface area (Å²) in [5.41, 5.74) is 1.30. The predicted octanol–water partition coefficient (Wildman–Crippen LogP) is 2.17. The summed E-state index contributed by atoms with van der Waals surface area (Å²) in [4.78, 5) is 49.9. The number of urea groups is 1. The molecule has 0 bridgehead atoms. The molecule has 4 rings (SSSR count). The fourth-order valence-corrected chi connectivity index (χ4v) is 3.77. The van der Waals surface area contributed by atoms with E-state index in [0.29, 0.717) is 16.5 Å². The Morgan fingerprint density at radius 3 is 2.69 bits per heavy atom. The lowest BCUT2D eigenvalue weighted by Gasteiger charge is -2.20. The molecule has 1 atom stereocenters. The molecule has 1 aromatic carbocycles. The van der Waals surface area contributed by atoms with Gasteiger partial charge in [-0.3, -0.25) is 14.5 Å². The molecule has 8 heteroatoms. The van der Waals surface area contributed by atoms with Crippen molar-refractivity contribution in [3.63, 3.8) is 0 Å². The van der Waals surface area contributed by atoms with Crippen LogP contribution in [0.2, 0.25) is 0 Å². The highest BCUT2D eigenvalue weighted by atomic mass is 16.5. The van der Waals surface area contributed by atoms with Gasteiger partial charge in [-0.2, -0.15) is 0 Å². The number of benzene rings is 1. The highest BCUT2D eigenvalue weighted by Gasteiger charge is 2.56. The number of ether oxygens (including phenoxy) is 1. The van der Waals surface area contributed by atoms with E-state index < -0.39 is 35.6 Å².